The number of esters is 1. The van der Waals surface area contributed by atoms with Gasteiger partial charge >= 0.3 is 5.97 Å². The van der Waals surface area contributed by atoms with Gasteiger partial charge in [-0.1, -0.05) is 12.1 Å². The second-order valence-electron chi connectivity index (χ2n) is 6.08. The molecule has 6 nitrogen and oxygen atoms in total. The van der Waals surface area contributed by atoms with Gasteiger partial charge in [0.15, 0.2) is 0 Å². The van der Waals surface area contributed by atoms with Gasteiger partial charge in [-0.15, -0.1) is 0 Å². The van der Waals surface area contributed by atoms with E-state index in [2.05, 4.69) is 5.10 Å². The Bertz CT molecular complexity index is 1050. The number of nitrogens with zero attached hydrogens (tertiary/aromatic N) is 2. The lowest BCUT2D eigenvalue weighted by Crippen LogP contribution is -2.07. The van der Waals surface area contributed by atoms with Crippen LogP contribution in [0.3, 0.4) is 0 Å². The Kier molecular flexibility index (Phi) is 4.61. The van der Waals surface area contributed by atoms with Gasteiger partial charge in [0, 0.05) is 29.4 Å². The standard InChI is InChI=1S/C21H18N2O4/c1-25-18-7-8-19-16(14-26-20(19)12-18)11-21(24)27-13-15-3-5-17(6-4-15)23-10-2-9-22-23/h2-10,12,14H,11,13H2,1H3. The van der Waals surface area contributed by atoms with Gasteiger partial charge in [0.2, 0.25) is 0 Å². The van der Waals surface area contributed by atoms with E-state index in [0.717, 1.165) is 22.2 Å². The first-order valence-corrected chi connectivity index (χ1v) is 8.51. The first kappa shape index (κ1) is 16.9. The molecule has 0 aliphatic heterocycles. The van der Waals surface area contributed by atoms with E-state index < -0.39 is 0 Å². The van der Waals surface area contributed by atoms with Crippen LogP contribution in [-0.4, -0.2) is 22.9 Å². The van der Waals surface area contributed by atoms with Gasteiger partial charge in [-0.2, -0.15) is 5.10 Å². The highest BCUT2D eigenvalue weighted by Crippen LogP contribution is 2.26. The van der Waals surface area contributed by atoms with Gasteiger partial charge in [0.25, 0.3) is 0 Å². The lowest BCUT2D eigenvalue weighted by atomic mass is 10.1. The molecule has 4 rings (SSSR count). The highest BCUT2D eigenvalue weighted by molar-refractivity contribution is 5.86. The number of hydrogen-bond acceptors (Lipinski definition) is 5. The van der Waals surface area contributed by atoms with Gasteiger partial charge in [0.1, 0.15) is 17.9 Å². The Balaban J connectivity index is 1.37. The summed E-state index contributed by atoms with van der Waals surface area (Å²) in [5.41, 5.74) is 3.36. The lowest BCUT2D eigenvalue weighted by molar-refractivity contribution is -0.144. The van der Waals surface area contributed by atoms with Crippen molar-refractivity contribution in [3.05, 3.63) is 78.3 Å². The van der Waals surface area contributed by atoms with E-state index in [9.17, 15) is 4.79 Å². The Labute approximate surface area is 155 Å². The number of fused-ring (bicyclic) bond motifs is 1. The SMILES string of the molecule is COc1ccc2c(CC(=O)OCc3ccc(-n4cccn4)cc3)coc2c1. The van der Waals surface area contributed by atoms with E-state index in [0.29, 0.717) is 11.3 Å². The van der Waals surface area contributed by atoms with E-state index in [1.54, 1.807) is 30.3 Å². The fourth-order valence-corrected chi connectivity index (χ4v) is 2.86. The van der Waals surface area contributed by atoms with Crippen molar-refractivity contribution in [3.8, 4) is 11.4 Å². The first-order valence-electron chi connectivity index (χ1n) is 8.51. The predicted octanol–water partition coefficient (Wildman–Crippen LogP) is 3.91. The van der Waals surface area contributed by atoms with Crippen molar-refractivity contribution in [2.45, 2.75) is 13.0 Å². The molecular weight excluding hydrogens is 344 g/mol. The van der Waals surface area contributed by atoms with Crippen LogP contribution >= 0.6 is 0 Å². The third-order valence-electron chi connectivity index (χ3n) is 4.30. The maximum atomic E-state index is 12.2. The normalized spacial score (nSPS) is 10.9. The van der Waals surface area contributed by atoms with Gasteiger partial charge < -0.3 is 13.9 Å². The molecule has 136 valence electrons. The summed E-state index contributed by atoms with van der Waals surface area (Å²) in [5, 5.41) is 5.07. The molecule has 2 aromatic carbocycles. The summed E-state index contributed by atoms with van der Waals surface area (Å²) < 4.78 is 17.9. The number of hydrogen-bond donors (Lipinski definition) is 0. The Hall–Kier alpha value is -3.54. The molecule has 0 aliphatic carbocycles. The van der Waals surface area contributed by atoms with Gasteiger partial charge in [0.05, 0.1) is 25.5 Å². The van der Waals surface area contributed by atoms with Crippen molar-refractivity contribution in [1.82, 2.24) is 9.78 Å². The molecule has 0 fully saturated rings. The first-order chi connectivity index (χ1) is 13.2. The number of benzene rings is 2. The zero-order valence-electron chi connectivity index (χ0n) is 14.8. The molecule has 2 heterocycles. The molecule has 0 atom stereocenters. The zero-order chi connectivity index (χ0) is 18.6. The van der Waals surface area contributed by atoms with E-state index in [1.807, 2.05) is 48.7 Å². The second kappa shape index (κ2) is 7.37. The monoisotopic (exact) mass is 362 g/mol. The molecule has 2 aromatic heterocycles. The largest absolute Gasteiger partial charge is 0.497 e. The van der Waals surface area contributed by atoms with Gasteiger partial charge in [-0.3, -0.25) is 4.79 Å². The smallest absolute Gasteiger partial charge is 0.310 e. The van der Waals surface area contributed by atoms with Crippen LogP contribution in [0.25, 0.3) is 16.7 Å². The number of aromatic nitrogens is 2. The number of methoxy groups -OCH3 is 1. The van der Waals surface area contributed by atoms with Crippen molar-refractivity contribution < 1.29 is 18.7 Å². The maximum absolute atomic E-state index is 12.2. The third-order valence-corrected chi connectivity index (χ3v) is 4.30. The summed E-state index contributed by atoms with van der Waals surface area (Å²) in [5.74, 6) is 0.411. The zero-order valence-corrected chi connectivity index (χ0v) is 14.8. The summed E-state index contributed by atoms with van der Waals surface area (Å²) in [4.78, 5) is 12.2. The number of carbonyl (C=O) groups excluding carboxylic acids is 1. The molecule has 0 spiro atoms. The molecule has 27 heavy (non-hydrogen) atoms. The summed E-state index contributed by atoms with van der Waals surface area (Å²) in [6, 6.07) is 15.1. The minimum atomic E-state index is -0.301. The summed E-state index contributed by atoms with van der Waals surface area (Å²) in [6.07, 6.45) is 5.35. The Morgan fingerprint density at radius 3 is 2.78 bits per heavy atom. The summed E-state index contributed by atoms with van der Waals surface area (Å²) >= 11 is 0. The lowest BCUT2D eigenvalue weighted by Gasteiger charge is -2.06. The molecule has 0 saturated heterocycles. The third kappa shape index (κ3) is 3.69. The van der Waals surface area contributed by atoms with Crippen molar-refractivity contribution in [2.24, 2.45) is 0 Å². The molecule has 0 unspecified atom stereocenters. The highest BCUT2D eigenvalue weighted by atomic mass is 16.5. The summed E-state index contributed by atoms with van der Waals surface area (Å²) in [7, 11) is 1.60. The highest BCUT2D eigenvalue weighted by Gasteiger charge is 2.12. The van der Waals surface area contributed by atoms with E-state index >= 15 is 0 Å². The minimum absolute atomic E-state index is 0.157. The average molecular weight is 362 g/mol. The molecule has 0 bridgehead atoms. The number of rotatable bonds is 6. The molecule has 6 heteroatoms. The van der Waals surface area contributed by atoms with Gasteiger partial charge in [-0.25, -0.2) is 4.68 Å². The molecule has 0 N–H and O–H groups in total. The molecule has 4 aromatic rings. The Morgan fingerprint density at radius 2 is 2.04 bits per heavy atom. The van der Waals surface area contributed by atoms with Crippen LogP contribution in [-0.2, 0) is 22.6 Å². The Morgan fingerprint density at radius 1 is 1.19 bits per heavy atom. The van der Waals surface area contributed by atoms with Crippen LogP contribution in [0.1, 0.15) is 11.1 Å². The van der Waals surface area contributed by atoms with Crippen LogP contribution in [0.4, 0.5) is 0 Å². The van der Waals surface area contributed by atoms with Crippen molar-refractivity contribution in [3.63, 3.8) is 0 Å². The van der Waals surface area contributed by atoms with Gasteiger partial charge in [-0.05, 0) is 35.9 Å². The molecule has 0 amide bonds. The topological polar surface area (TPSA) is 66.5 Å². The second-order valence-corrected chi connectivity index (χ2v) is 6.08. The molecule has 0 radical (unpaired) electrons. The van der Waals surface area contributed by atoms with Crippen LogP contribution in [0, 0.1) is 0 Å². The fourth-order valence-electron chi connectivity index (χ4n) is 2.86. The van der Waals surface area contributed by atoms with Crippen LogP contribution < -0.4 is 4.74 Å². The van der Waals surface area contributed by atoms with E-state index in [-0.39, 0.29) is 19.0 Å². The van der Waals surface area contributed by atoms with Crippen LogP contribution in [0.5, 0.6) is 5.75 Å². The fraction of sp³-hybridized carbons (Fsp3) is 0.143. The molecule has 0 saturated carbocycles. The van der Waals surface area contributed by atoms with E-state index in [4.69, 9.17) is 13.9 Å². The van der Waals surface area contributed by atoms with Crippen molar-refractivity contribution in [1.29, 1.82) is 0 Å². The molecule has 0 aliphatic rings. The number of ether oxygens (including phenoxy) is 2. The number of carbonyl (C=O) groups is 1. The average Bonchev–Trinajstić information content (AvgIpc) is 3.37. The van der Waals surface area contributed by atoms with Crippen LogP contribution in [0.15, 0.2) is 71.6 Å². The van der Waals surface area contributed by atoms with Crippen LogP contribution in [0.2, 0.25) is 0 Å². The quantitative estimate of drug-likeness (QED) is 0.487. The van der Waals surface area contributed by atoms with Crippen molar-refractivity contribution in [2.75, 3.05) is 7.11 Å². The van der Waals surface area contributed by atoms with Crippen molar-refractivity contribution >= 4 is 16.9 Å². The maximum Gasteiger partial charge on any atom is 0.310 e. The van der Waals surface area contributed by atoms with E-state index in [1.165, 1.54) is 0 Å². The predicted molar refractivity (Wildman–Crippen MR) is 99.8 cm³/mol. The molecular formula is C21H18N2O4. The number of furan rings is 1. The minimum Gasteiger partial charge on any atom is -0.497 e. The summed E-state index contributed by atoms with van der Waals surface area (Å²) in [6.45, 7) is 0.224.